The second-order valence-corrected chi connectivity index (χ2v) is 6.98. The van der Waals surface area contributed by atoms with Crippen molar-refractivity contribution in [3.8, 4) is 0 Å². The van der Waals surface area contributed by atoms with E-state index in [4.69, 9.17) is 12.2 Å². The summed E-state index contributed by atoms with van der Waals surface area (Å²) >= 11 is 5.43. The van der Waals surface area contributed by atoms with Crippen LogP contribution in [0.3, 0.4) is 0 Å². The number of nitrogens with zero attached hydrogens (tertiary/aromatic N) is 2. The van der Waals surface area contributed by atoms with E-state index < -0.39 is 0 Å². The molecule has 1 aliphatic heterocycles. The third-order valence-electron chi connectivity index (χ3n) is 4.57. The van der Waals surface area contributed by atoms with Crippen molar-refractivity contribution >= 4 is 34.7 Å². The molecule has 0 bridgehead atoms. The first-order valence-electron chi connectivity index (χ1n) is 9.24. The van der Waals surface area contributed by atoms with Crippen LogP contribution in [0.4, 0.5) is 11.4 Å². The van der Waals surface area contributed by atoms with Gasteiger partial charge in [0.25, 0.3) is 0 Å². The van der Waals surface area contributed by atoms with Gasteiger partial charge in [0, 0.05) is 39.1 Å². The van der Waals surface area contributed by atoms with E-state index in [1.165, 1.54) is 12.8 Å². The van der Waals surface area contributed by atoms with Crippen LogP contribution in [0, 0.1) is 0 Å². The molecular formula is C19H30N4O2S. The Morgan fingerprint density at radius 3 is 2.62 bits per heavy atom. The van der Waals surface area contributed by atoms with Gasteiger partial charge in [0.1, 0.15) is 0 Å². The monoisotopic (exact) mass is 378 g/mol. The van der Waals surface area contributed by atoms with Crippen molar-refractivity contribution < 1.29 is 9.53 Å². The number of esters is 1. The van der Waals surface area contributed by atoms with Crippen molar-refractivity contribution in [2.75, 3.05) is 57.1 Å². The summed E-state index contributed by atoms with van der Waals surface area (Å²) in [6.07, 6.45) is 3.28. The topological polar surface area (TPSA) is 56.8 Å². The van der Waals surface area contributed by atoms with Gasteiger partial charge in [0.15, 0.2) is 5.11 Å². The fraction of sp³-hybridized carbons (Fsp3) is 0.579. The number of piperazine rings is 1. The van der Waals surface area contributed by atoms with Gasteiger partial charge >= 0.3 is 5.97 Å². The van der Waals surface area contributed by atoms with Crippen LogP contribution in [0.5, 0.6) is 0 Å². The summed E-state index contributed by atoms with van der Waals surface area (Å²) in [5, 5.41) is 7.21. The van der Waals surface area contributed by atoms with Crippen LogP contribution in [0.1, 0.15) is 25.7 Å². The number of carbonyl (C=O) groups is 1. The van der Waals surface area contributed by atoms with E-state index in [0.29, 0.717) is 11.5 Å². The van der Waals surface area contributed by atoms with E-state index >= 15 is 0 Å². The number of anilines is 2. The number of unbranched alkanes of at least 4 members (excludes halogenated alkanes) is 2. The number of rotatable bonds is 8. The highest BCUT2D eigenvalue weighted by molar-refractivity contribution is 7.80. The molecule has 0 saturated carbocycles. The average Bonchev–Trinajstić information content (AvgIpc) is 2.65. The lowest BCUT2D eigenvalue weighted by atomic mass is 10.2. The Morgan fingerprint density at radius 2 is 1.88 bits per heavy atom. The van der Waals surface area contributed by atoms with E-state index in [1.54, 1.807) is 0 Å². The first kappa shape index (κ1) is 20.5. The molecule has 1 heterocycles. The summed E-state index contributed by atoms with van der Waals surface area (Å²) in [6.45, 7) is 4.99. The standard InChI is InChI=1S/C19H30N4O2S/c1-22-12-14-23(15-13-22)17-9-6-5-8-16(17)21-19(26)20-11-7-3-4-10-18(24)25-2/h5-6,8-9H,3-4,7,10-15H2,1-2H3,(H2,20,21,26). The highest BCUT2D eigenvalue weighted by Gasteiger charge is 2.17. The number of hydrogen-bond donors (Lipinski definition) is 2. The molecule has 0 unspecified atom stereocenters. The molecule has 7 heteroatoms. The maximum atomic E-state index is 11.1. The molecule has 1 aliphatic rings. The highest BCUT2D eigenvalue weighted by atomic mass is 32.1. The molecule has 6 nitrogen and oxygen atoms in total. The number of para-hydroxylation sites is 2. The minimum atomic E-state index is -0.143. The van der Waals surface area contributed by atoms with Crippen LogP contribution in [0.25, 0.3) is 0 Å². The second-order valence-electron chi connectivity index (χ2n) is 6.58. The molecule has 0 radical (unpaired) electrons. The largest absolute Gasteiger partial charge is 0.469 e. The van der Waals surface area contributed by atoms with Gasteiger partial charge in [-0.1, -0.05) is 18.6 Å². The van der Waals surface area contributed by atoms with Crippen molar-refractivity contribution in [2.24, 2.45) is 0 Å². The number of hydrogen-bond acceptors (Lipinski definition) is 5. The normalized spacial score (nSPS) is 14.8. The molecule has 1 saturated heterocycles. The Morgan fingerprint density at radius 1 is 1.15 bits per heavy atom. The maximum absolute atomic E-state index is 11.1. The quantitative estimate of drug-likeness (QED) is 0.409. The van der Waals surface area contributed by atoms with Crippen LogP contribution in [0.15, 0.2) is 24.3 Å². The molecule has 1 fully saturated rings. The molecule has 0 aromatic heterocycles. The van der Waals surface area contributed by atoms with E-state index in [-0.39, 0.29) is 5.97 Å². The summed E-state index contributed by atoms with van der Waals surface area (Å²) in [5.74, 6) is -0.143. The van der Waals surface area contributed by atoms with Crippen LogP contribution in [0.2, 0.25) is 0 Å². The first-order chi connectivity index (χ1) is 12.6. The van der Waals surface area contributed by atoms with Gasteiger partial charge in [-0.05, 0) is 44.2 Å². The zero-order valence-corrected chi connectivity index (χ0v) is 16.6. The third kappa shape index (κ3) is 6.80. The number of ether oxygens (including phenoxy) is 1. The summed E-state index contributed by atoms with van der Waals surface area (Å²) in [4.78, 5) is 15.8. The number of methoxy groups -OCH3 is 1. The second kappa shape index (κ2) is 11.0. The molecular weight excluding hydrogens is 348 g/mol. The Hall–Kier alpha value is -1.86. The van der Waals surface area contributed by atoms with Crippen molar-refractivity contribution in [2.45, 2.75) is 25.7 Å². The zero-order chi connectivity index (χ0) is 18.8. The molecule has 1 aromatic carbocycles. The SMILES string of the molecule is COC(=O)CCCCCNC(=S)Nc1ccccc1N1CCN(C)CC1. The number of likely N-dealkylation sites (N-methyl/N-ethyl adjacent to an activating group) is 1. The Labute approximate surface area is 161 Å². The van der Waals surface area contributed by atoms with E-state index in [2.05, 4.69) is 50.4 Å². The molecule has 0 atom stereocenters. The fourth-order valence-corrected chi connectivity index (χ4v) is 3.16. The van der Waals surface area contributed by atoms with Crippen LogP contribution in [-0.4, -0.2) is 62.9 Å². The highest BCUT2D eigenvalue weighted by Crippen LogP contribution is 2.26. The number of nitrogens with one attached hydrogen (secondary N) is 2. The Bertz CT molecular complexity index is 589. The molecule has 0 aliphatic carbocycles. The predicted molar refractivity (Wildman–Crippen MR) is 111 cm³/mol. The van der Waals surface area contributed by atoms with Crippen LogP contribution < -0.4 is 15.5 Å². The zero-order valence-electron chi connectivity index (χ0n) is 15.8. The minimum absolute atomic E-state index is 0.143. The lowest BCUT2D eigenvalue weighted by molar-refractivity contribution is -0.140. The summed E-state index contributed by atoms with van der Waals surface area (Å²) in [5.41, 5.74) is 2.24. The molecule has 0 spiro atoms. The van der Waals surface area contributed by atoms with Crippen molar-refractivity contribution in [1.29, 1.82) is 0 Å². The number of thiocarbonyl (C=S) groups is 1. The smallest absolute Gasteiger partial charge is 0.305 e. The Kier molecular flexibility index (Phi) is 8.64. The van der Waals surface area contributed by atoms with Crippen molar-refractivity contribution in [1.82, 2.24) is 10.2 Å². The summed E-state index contributed by atoms with van der Waals surface area (Å²) in [7, 11) is 3.58. The van der Waals surface area contributed by atoms with Gasteiger partial charge in [-0.3, -0.25) is 4.79 Å². The first-order valence-corrected chi connectivity index (χ1v) is 9.65. The molecule has 26 heavy (non-hydrogen) atoms. The molecule has 0 amide bonds. The van der Waals surface area contributed by atoms with Crippen LogP contribution in [-0.2, 0) is 9.53 Å². The molecule has 144 valence electrons. The maximum Gasteiger partial charge on any atom is 0.305 e. The van der Waals surface area contributed by atoms with Crippen molar-refractivity contribution in [3.05, 3.63) is 24.3 Å². The fourth-order valence-electron chi connectivity index (χ4n) is 2.94. The molecule has 2 N–H and O–H groups in total. The van der Waals surface area contributed by atoms with Gasteiger partial charge in [-0.15, -0.1) is 0 Å². The third-order valence-corrected chi connectivity index (χ3v) is 4.81. The van der Waals surface area contributed by atoms with Gasteiger partial charge in [-0.2, -0.15) is 0 Å². The van der Waals surface area contributed by atoms with Gasteiger partial charge in [0.2, 0.25) is 0 Å². The van der Waals surface area contributed by atoms with Gasteiger partial charge < -0.3 is 25.2 Å². The van der Waals surface area contributed by atoms with E-state index in [9.17, 15) is 4.79 Å². The molecule has 1 aromatic rings. The Balaban J connectivity index is 1.74. The predicted octanol–water partition coefficient (Wildman–Crippen LogP) is 2.46. The number of benzene rings is 1. The van der Waals surface area contributed by atoms with Crippen molar-refractivity contribution in [3.63, 3.8) is 0 Å². The van der Waals surface area contributed by atoms with Gasteiger partial charge in [0.05, 0.1) is 18.5 Å². The summed E-state index contributed by atoms with van der Waals surface area (Å²) < 4.78 is 4.64. The van der Waals surface area contributed by atoms with E-state index in [0.717, 1.165) is 57.7 Å². The van der Waals surface area contributed by atoms with E-state index in [1.807, 2.05) is 6.07 Å². The van der Waals surface area contributed by atoms with Gasteiger partial charge in [-0.25, -0.2) is 0 Å². The molecule has 2 rings (SSSR count). The minimum Gasteiger partial charge on any atom is -0.469 e. The average molecular weight is 379 g/mol. The lowest BCUT2D eigenvalue weighted by Gasteiger charge is -2.35. The summed E-state index contributed by atoms with van der Waals surface area (Å²) in [6, 6.07) is 8.30. The number of carbonyl (C=O) groups excluding carboxylic acids is 1. The lowest BCUT2D eigenvalue weighted by Crippen LogP contribution is -2.44. The van der Waals surface area contributed by atoms with Crippen LogP contribution >= 0.6 is 12.2 Å².